The fourth-order valence-corrected chi connectivity index (χ4v) is 3.25. The lowest BCUT2D eigenvalue weighted by Gasteiger charge is -2.34. The third kappa shape index (κ3) is 7.96. The number of hydrogen-bond donors (Lipinski definition) is 2. The van der Waals surface area contributed by atoms with Gasteiger partial charge in [-0.25, -0.2) is 0 Å². The van der Waals surface area contributed by atoms with Crippen molar-refractivity contribution in [1.82, 2.24) is 20.4 Å². The van der Waals surface area contributed by atoms with Crippen molar-refractivity contribution in [1.29, 1.82) is 0 Å². The molecule has 1 aromatic rings. The summed E-state index contributed by atoms with van der Waals surface area (Å²) in [7, 11) is 1.61. The first-order valence-corrected chi connectivity index (χ1v) is 10.0. The summed E-state index contributed by atoms with van der Waals surface area (Å²) in [4.78, 5) is 28.4. The van der Waals surface area contributed by atoms with Gasteiger partial charge in [0, 0.05) is 44.3 Å². The van der Waals surface area contributed by atoms with Gasteiger partial charge in [-0.1, -0.05) is 28.1 Å². The van der Waals surface area contributed by atoms with Crippen molar-refractivity contribution in [2.45, 2.75) is 13.0 Å². The van der Waals surface area contributed by atoms with Crippen LogP contribution >= 0.6 is 15.9 Å². The SMILES string of the molecule is COCCNC(=O)CN1CCN(CC(=O)NC(C)c2ccc(Br)cc2)CC1. The van der Waals surface area contributed by atoms with Gasteiger partial charge in [0.1, 0.15) is 0 Å². The summed E-state index contributed by atoms with van der Waals surface area (Å²) in [6.07, 6.45) is 0. The number of halogens is 1. The minimum absolute atomic E-state index is 0.0153. The summed E-state index contributed by atoms with van der Waals surface area (Å²) in [6.45, 7) is 6.96. The molecule has 0 saturated carbocycles. The highest BCUT2D eigenvalue weighted by Crippen LogP contribution is 2.16. The molecule has 0 aliphatic carbocycles. The molecule has 1 atom stereocenters. The smallest absolute Gasteiger partial charge is 0.234 e. The number of methoxy groups -OCH3 is 1. The van der Waals surface area contributed by atoms with E-state index in [1.165, 1.54) is 0 Å². The van der Waals surface area contributed by atoms with Crippen LogP contribution in [0.25, 0.3) is 0 Å². The van der Waals surface area contributed by atoms with Gasteiger partial charge in [-0.05, 0) is 24.6 Å². The Hall–Kier alpha value is -1.48. The van der Waals surface area contributed by atoms with Gasteiger partial charge in [0.25, 0.3) is 0 Å². The summed E-state index contributed by atoms with van der Waals surface area (Å²) in [5.41, 5.74) is 1.08. The molecule has 1 fully saturated rings. The second-order valence-electron chi connectivity index (χ2n) is 6.74. The standard InChI is InChI=1S/C19H29BrN4O3/c1-15(16-3-5-17(20)6-4-16)22-19(26)14-24-10-8-23(9-11-24)13-18(25)21-7-12-27-2/h3-6,15H,7-14H2,1-2H3,(H,21,25)(H,22,26). The van der Waals surface area contributed by atoms with Crippen LogP contribution in [0.4, 0.5) is 0 Å². The molecule has 1 heterocycles. The lowest BCUT2D eigenvalue weighted by molar-refractivity contribution is -0.125. The van der Waals surface area contributed by atoms with E-state index in [0.717, 1.165) is 36.2 Å². The van der Waals surface area contributed by atoms with Crippen molar-refractivity contribution in [3.8, 4) is 0 Å². The summed E-state index contributed by atoms with van der Waals surface area (Å²) < 4.78 is 5.94. The van der Waals surface area contributed by atoms with Gasteiger partial charge in [0.15, 0.2) is 0 Å². The number of ether oxygens (including phenoxy) is 1. The largest absolute Gasteiger partial charge is 0.383 e. The van der Waals surface area contributed by atoms with Crippen molar-refractivity contribution in [2.75, 3.05) is 59.5 Å². The van der Waals surface area contributed by atoms with E-state index in [-0.39, 0.29) is 17.9 Å². The summed E-state index contributed by atoms with van der Waals surface area (Å²) in [5.74, 6) is 0.0396. The molecule has 1 aliphatic rings. The van der Waals surface area contributed by atoms with Crippen LogP contribution in [0.5, 0.6) is 0 Å². The number of rotatable bonds is 9. The molecule has 1 unspecified atom stereocenters. The average molecular weight is 441 g/mol. The summed E-state index contributed by atoms with van der Waals surface area (Å²) in [5, 5.41) is 5.88. The number of amides is 2. The molecule has 0 bridgehead atoms. The number of benzene rings is 1. The Bertz CT molecular complexity index is 603. The molecular formula is C19H29BrN4O3. The average Bonchev–Trinajstić information content (AvgIpc) is 2.64. The number of carbonyl (C=O) groups is 2. The van der Waals surface area contributed by atoms with E-state index in [1.807, 2.05) is 31.2 Å². The molecule has 7 nitrogen and oxygen atoms in total. The van der Waals surface area contributed by atoms with Gasteiger partial charge in [0.05, 0.1) is 25.7 Å². The number of nitrogens with zero attached hydrogens (tertiary/aromatic N) is 2. The number of nitrogens with one attached hydrogen (secondary N) is 2. The zero-order valence-electron chi connectivity index (χ0n) is 16.0. The molecular weight excluding hydrogens is 412 g/mol. The van der Waals surface area contributed by atoms with E-state index in [1.54, 1.807) is 7.11 Å². The van der Waals surface area contributed by atoms with Crippen LogP contribution in [0.1, 0.15) is 18.5 Å². The van der Waals surface area contributed by atoms with Crippen molar-refractivity contribution in [3.05, 3.63) is 34.3 Å². The Labute approximate surface area is 169 Å². The van der Waals surface area contributed by atoms with Crippen LogP contribution in [0.2, 0.25) is 0 Å². The Morgan fingerprint density at radius 2 is 1.63 bits per heavy atom. The molecule has 27 heavy (non-hydrogen) atoms. The molecule has 8 heteroatoms. The first kappa shape index (κ1) is 21.8. The van der Waals surface area contributed by atoms with Gasteiger partial charge < -0.3 is 15.4 Å². The van der Waals surface area contributed by atoms with Crippen LogP contribution < -0.4 is 10.6 Å². The normalized spacial score (nSPS) is 16.7. The third-order valence-corrected chi connectivity index (χ3v) is 5.10. The number of hydrogen-bond acceptors (Lipinski definition) is 5. The molecule has 0 spiro atoms. The first-order valence-electron chi connectivity index (χ1n) is 9.23. The van der Waals surface area contributed by atoms with Gasteiger partial charge in [-0.3, -0.25) is 19.4 Å². The van der Waals surface area contributed by atoms with Gasteiger partial charge in [0.2, 0.25) is 11.8 Å². The predicted octanol–water partition coefficient (Wildman–Crippen LogP) is 1.01. The van der Waals surface area contributed by atoms with Crippen LogP contribution in [0.15, 0.2) is 28.7 Å². The van der Waals surface area contributed by atoms with Crippen molar-refractivity contribution in [2.24, 2.45) is 0 Å². The van der Waals surface area contributed by atoms with Crippen LogP contribution in [0.3, 0.4) is 0 Å². The highest BCUT2D eigenvalue weighted by Gasteiger charge is 2.21. The maximum absolute atomic E-state index is 12.3. The van der Waals surface area contributed by atoms with Crippen molar-refractivity contribution < 1.29 is 14.3 Å². The Morgan fingerprint density at radius 3 is 2.19 bits per heavy atom. The maximum atomic E-state index is 12.3. The Kier molecular flexibility index (Phi) is 9.20. The molecule has 2 amide bonds. The third-order valence-electron chi connectivity index (χ3n) is 4.58. The maximum Gasteiger partial charge on any atom is 0.234 e. The van der Waals surface area contributed by atoms with Gasteiger partial charge >= 0.3 is 0 Å². The Morgan fingerprint density at radius 1 is 1.07 bits per heavy atom. The molecule has 1 aliphatic heterocycles. The second kappa shape index (κ2) is 11.4. The number of carbonyl (C=O) groups excluding carboxylic acids is 2. The molecule has 1 saturated heterocycles. The van der Waals surface area contributed by atoms with E-state index in [2.05, 4.69) is 36.4 Å². The van der Waals surface area contributed by atoms with Crippen molar-refractivity contribution in [3.63, 3.8) is 0 Å². The highest BCUT2D eigenvalue weighted by molar-refractivity contribution is 9.10. The second-order valence-corrected chi connectivity index (χ2v) is 7.65. The zero-order valence-corrected chi connectivity index (χ0v) is 17.6. The molecule has 2 N–H and O–H groups in total. The quantitative estimate of drug-likeness (QED) is 0.560. The molecule has 0 radical (unpaired) electrons. The predicted molar refractivity (Wildman–Crippen MR) is 108 cm³/mol. The highest BCUT2D eigenvalue weighted by atomic mass is 79.9. The van der Waals surface area contributed by atoms with E-state index in [0.29, 0.717) is 26.2 Å². The van der Waals surface area contributed by atoms with Crippen LogP contribution in [-0.4, -0.2) is 81.1 Å². The zero-order chi connectivity index (χ0) is 19.6. The van der Waals surface area contributed by atoms with Crippen molar-refractivity contribution >= 4 is 27.7 Å². The molecule has 150 valence electrons. The van der Waals surface area contributed by atoms with Gasteiger partial charge in [-0.15, -0.1) is 0 Å². The topological polar surface area (TPSA) is 73.9 Å². The minimum atomic E-state index is -0.0253. The summed E-state index contributed by atoms with van der Waals surface area (Å²) >= 11 is 3.42. The van der Waals surface area contributed by atoms with Gasteiger partial charge in [-0.2, -0.15) is 0 Å². The molecule has 2 rings (SSSR count). The van der Waals surface area contributed by atoms with E-state index >= 15 is 0 Å². The fourth-order valence-electron chi connectivity index (χ4n) is 2.98. The molecule has 1 aromatic carbocycles. The van der Waals surface area contributed by atoms with E-state index in [9.17, 15) is 9.59 Å². The van der Waals surface area contributed by atoms with E-state index < -0.39 is 0 Å². The minimum Gasteiger partial charge on any atom is -0.383 e. The lowest BCUT2D eigenvalue weighted by Crippen LogP contribution is -2.51. The Balaban J connectivity index is 1.66. The van der Waals surface area contributed by atoms with Crippen LogP contribution in [0, 0.1) is 0 Å². The van der Waals surface area contributed by atoms with E-state index in [4.69, 9.17) is 4.74 Å². The first-order chi connectivity index (χ1) is 13.0. The number of piperazine rings is 1. The van der Waals surface area contributed by atoms with Crippen LogP contribution in [-0.2, 0) is 14.3 Å². The fraction of sp³-hybridized carbons (Fsp3) is 0.579. The summed E-state index contributed by atoms with van der Waals surface area (Å²) in [6, 6.07) is 7.94. The molecule has 0 aromatic heterocycles. The monoisotopic (exact) mass is 440 g/mol. The lowest BCUT2D eigenvalue weighted by atomic mass is 10.1.